The monoisotopic (exact) mass is 200 g/mol. The van der Waals surface area contributed by atoms with Crippen LogP contribution in [0.15, 0.2) is 18.2 Å². The second-order valence-corrected chi connectivity index (χ2v) is 3.55. The lowest BCUT2D eigenvalue weighted by atomic mass is 10.2. The summed E-state index contributed by atoms with van der Waals surface area (Å²) in [6, 6.07) is 4.10. The summed E-state index contributed by atoms with van der Waals surface area (Å²) in [6.45, 7) is 0. The summed E-state index contributed by atoms with van der Waals surface area (Å²) in [6.07, 6.45) is 0. The maximum Gasteiger partial charge on any atom is 0.219 e. The Kier molecular flexibility index (Phi) is 1.92. The van der Waals surface area contributed by atoms with Gasteiger partial charge in [0.15, 0.2) is 5.75 Å². The molecule has 0 bridgehead atoms. The topological polar surface area (TPSA) is 9.23 Å². The molecule has 4 heteroatoms. The molecule has 0 saturated heterocycles. The first kappa shape index (κ1) is 8.44. The number of rotatable bonds is 1. The van der Waals surface area contributed by atoms with Crippen molar-refractivity contribution >= 4 is 21.4 Å². The molecule has 1 nitrogen and oxygen atoms in total. The number of ether oxygens (including phenoxy) is 1. The van der Waals surface area contributed by atoms with Crippen LogP contribution in [0, 0.1) is 10.9 Å². The fourth-order valence-corrected chi connectivity index (χ4v) is 2.13. The molecule has 0 amide bonds. The lowest BCUT2D eigenvalue weighted by molar-refractivity contribution is 0.398. The zero-order valence-corrected chi connectivity index (χ0v) is 7.62. The predicted octanol–water partition coefficient (Wildman–Crippen LogP) is 3.19. The molecule has 0 unspecified atom stereocenters. The van der Waals surface area contributed by atoms with Crippen LogP contribution in [-0.2, 0) is 0 Å². The molecule has 1 heterocycles. The highest BCUT2D eigenvalue weighted by molar-refractivity contribution is 7.17. The normalized spacial score (nSPS) is 10.7. The van der Waals surface area contributed by atoms with Gasteiger partial charge in [0.1, 0.15) is 5.82 Å². The molecule has 2 aromatic rings. The van der Waals surface area contributed by atoms with E-state index in [0.29, 0.717) is 10.1 Å². The van der Waals surface area contributed by atoms with E-state index in [9.17, 15) is 8.78 Å². The fourth-order valence-electron chi connectivity index (χ4n) is 1.21. The quantitative estimate of drug-likeness (QED) is 0.687. The van der Waals surface area contributed by atoms with Crippen LogP contribution in [0.4, 0.5) is 8.78 Å². The van der Waals surface area contributed by atoms with E-state index in [2.05, 4.69) is 0 Å². The van der Waals surface area contributed by atoms with Gasteiger partial charge in [0.05, 0.1) is 7.11 Å². The van der Waals surface area contributed by atoms with Crippen molar-refractivity contribution in [3.8, 4) is 5.75 Å². The molecule has 0 aliphatic heterocycles. The molecule has 0 aliphatic carbocycles. The van der Waals surface area contributed by atoms with Crippen LogP contribution < -0.4 is 4.74 Å². The Balaban J connectivity index is 2.79. The Bertz CT molecular complexity index is 450. The summed E-state index contributed by atoms with van der Waals surface area (Å²) in [5.74, 6) is -0.170. The average molecular weight is 200 g/mol. The molecule has 0 fully saturated rings. The summed E-state index contributed by atoms with van der Waals surface area (Å²) in [5, 5.41) is 0.203. The smallest absolute Gasteiger partial charge is 0.219 e. The first-order chi connectivity index (χ1) is 6.22. The van der Waals surface area contributed by atoms with Crippen molar-refractivity contribution in [2.45, 2.75) is 0 Å². The fraction of sp³-hybridized carbons (Fsp3) is 0.111. The van der Waals surface area contributed by atoms with Gasteiger partial charge in [-0.3, -0.25) is 0 Å². The van der Waals surface area contributed by atoms with Crippen LogP contribution in [0.25, 0.3) is 10.1 Å². The zero-order chi connectivity index (χ0) is 9.42. The number of halogens is 2. The second kappa shape index (κ2) is 2.96. The van der Waals surface area contributed by atoms with E-state index in [1.54, 1.807) is 0 Å². The van der Waals surface area contributed by atoms with E-state index in [1.807, 2.05) is 0 Å². The van der Waals surface area contributed by atoms with E-state index in [4.69, 9.17) is 4.74 Å². The minimum Gasteiger partial charge on any atom is -0.492 e. The maximum atomic E-state index is 13.1. The lowest BCUT2D eigenvalue weighted by Crippen LogP contribution is -1.82. The third-order valence-corrected chi connectivity index (χ3v) is 2.69. The van der Waals surface area contributed by atoms with Crippen LogP contribution in [0.3, 0.4) is 0 Å². The van der Waals surface area contributed by atoms with Gasteiger partial charge in [-0.2, -0.15) is 4.39 Å². The average Bonchev–Trinajstić information content (AvgIpc) is 2.39. The number of methoxy groups -OCH3 is 1. The standard InChI is InChI=1S/C9H6F2OS/c1-12-8-6-3-2-5(10)4-7(6)13-9(8)11/h2-4H,1H3. The van der Waals surface area contributed by atoms with E-state index in [-0.39, 0.29) is 11.6 Å². The molecule has 2 rings (SSSR count). The molecule has 0 atom stereocenters. The van der Waals surface area contributed by atoms with Crippen molar-refractivity contribution in [1.29, 1.82) is 0 Å². The van der Waals surface area contributed by atoms with Crippen LogP contribution in [0.5, 0.6) is 5.75 Å². The lowest BCUT2D eigenvalue weighted by Gasteiger charge is -1.95. The Morgan fingerprint density at radius 3 is 2.77 bits per heavy atom. The molecular formula is C9H6F2OS. The van der Waals surface area contributed by atoms with Crippen LogP contribution in [0.1, 0.15) is 0 Å². The molecule has 0 spiro atoms. The van der Waals surface area contributed by atoms with Gasteiger partial charge in [-0.15, -0.1) is 11.3 Å². The number of fused-ring (bicyclic) bond motifs is 1. The van der Waals surface area contributed by atoms with Gasteiger partial charge in [-0.05, 0) is 18.2 Å². The maximum absolute atomic E-state index is 13.1. The minimum absolute atomic E-state index is 0.194. The zero-order valence-electron chi connectivity index (χ0n) is 6.80. The largest absolute Gasteiger partial charge is 0.492 e. The van der Waals surface area contributed by atoms with Gasteiger partial charge in [0.2, 0.25) is 5.13 Å². The van der Waals surface area contributed by atoms with Gasteiger partial charge >= 0.3 is 0 Å². The van der Waals surface area contributed by atoms with Crippen molar-refractivity contribution in [3.05, 3.63) is 29.1 Å². The van der Waals surface area contributed by atoms with Crippen LogP contribution in [-0.4, -0.2) is 7.11 Å². The first-order valence-corrected chi connectivity index (χ1v) is 4.45. The first-order valence-electron chi connectivity index (χ1n) is 3.64. The number of hydrogen-bond donors (Lipinski definition) is 0. The van der Waals surface area contributed by atoms with Crippen molar-refractivity contribution in [2.75, 3.05) is 7.11 Å². The molecule has 1 aromatic carbocycles. The number of hydrogen-bond acceptors (Lipinski definition) is 2. The highest BCUT2D eigenvalue weighted by atomic mass is 32.1. The molecule has 1 aromatic heterocycles. The predicted molar refractivity (Wildman–Crippen MR) is 48.3 cm³/mol. The molecule has 0 N–H and O–H groups in total. The van der Waals surface area contributed by atoms with Gasteiger partial charge in [-0.1, -0.05) is 0 Å². The molecule has 0 aliphatic rings. The Hall–Kier alpha value is -1.16. The van der Waals surface area contributed by atoms with Gasteiger partial charge in [0, 0.05) is 10.1 Å². The van der Waals surface area contributed by atoms with E-state index >= 15 is 0 Å². The Labute approximate surface area is 77.6 Å². The molecule has 0 saturated carbocycles. The van der Waals surface area contributed by atoms with Crippen LogP contribution >= 0.6 is 11.3 Å². The molecule has 0 radical (unpaired) electrons. The minimum atomic E-state index is -0.414. The molecule has 68 valence electrons. The highest BCUT2D eigenvalue weighted by Crippen LogP contribution is 2.36. The summed E-state index contributed by atoms with van der Waals surface area (Å²) in [5.41, 5.74) is 0. The van der Waals surface area contributed by atoms with Crippen molar-refractivity contribution < 1.29 is 13.5 Å². The summed E-state index contributed by atoms with van der Waals surface area (Å²) >= 11 is 0.886. The molecule has 13 heavy (non-hydrogen) atoms. The molecular weight excluding hydrogens is 194 g/mol. The third-order valence-electron chi connectivity index (χ3n) is 1.77. The van der Waals surface area contributed by atoms with Crippen LogP contribution in [0.2, 0.25) is 0 Å². The van der Waals surface area contributed by atoms with E-state index in [1.165, 1.54) is 25.3 Å². The summed E-state index contributed by atoms with van der Waals surface area (Å²) < 4.78 is 31.2. The van der Waals surface area contributed by atoms with E-state index < -0.39 is 5.13 Å². The van der Waals surface area contributed by atoms with Crippen molar-refractivity contribution in [3.63, 3.8) is 0 Å². The van der Waals surface area contributed by atoms with Crippen molar-refractivity contribution in [1.82, 2.24) is 0 Å². The number of thiophene rings is 1. The third kappa shape index (κ3) is 1.27. The van der Waals surface area contributed by atoms with Crippen molar-refractivity contribution in [2.24, 2.45) is 0 Å². The second-order valence-electron chi connectivity index (χ2n) is 2.55. The number of benzene rings is 1. The Morgan fingerprint density at radius 2 is 2.08 bits per heavy atom. The highest BCUT2D eigenvalue weighted by Gasteiger charge is 2.12. The van der Waals surface area contributed by atoms with Gasteiger partial charge < -0.3 is 4.74 Å². The Morgan fingerprint density at radius 1 is 1.31 bits per heavy atom. The van der Waals surface area contributed by atoms with Gasteiger partial charge in [0.25, 0.3) is 0 Å². The summed E-state index contributed by atoms with van der Waals surface area (Å²) in [7, 11) is 1.40. The summed E-state index contributed by atoms with van der Waals surface area (Å²) in [4.78, 5) is 0. The van der Waals surface area contributed by atoms with E-state index in [0.717, 1.165) is 11.3 Å². The van der Waals surface area contributed by atoms with Gasteiger partial charge in [-0.25, -0.2) is 4.39 Å². The SMILES string of the molecule is COc1c(F)sc2cc(F)ccc12.